The lowest BCUT2D eigenvalue weighted by Gasteiger charge is -2.32. The second-order valence-electron chi connectivity index (χ2n) is 14.2. The molecular formula is C39H42FN7O6. The number of rotatable bonds is 12. The van der Waals surface area contributed by atoms with Gasteiger partial charge in [0.2, 0.25) is 11.8 Å². The molecule has 4 aromatic rings. The summed E-state index contributed by atoms with van der Waals surface area (Å²) in [6, 6.07) is 16.4. The van der Waals surface area contributed by atoms with Crippen LogP contribution in [-0.2, 0) is 34.0 Å². The Bertz CT molecular complexity index is 2050. The first kappa shape index (κ1) is 36.0. The lowest BCUT2D eigenvalue weighted by Crippen LogP contribution is -2.45. The molecule has 2 N–H and O–H groups in total. The molecule has 0 bridgehead atoms. The molecule has 2 aromatic carbocycles. The summed E-state index contributed by atoms with van der Waals surface area (Å²) in [7, 11) is 0. The molecule has 276 valence electrons. The van der Waals surface area contributed by atoms with Crippen molar-refractivity contribution in [3.8, 4) is 11.9 Å². The predicted octanol–water partition coefficient (Wildman–Crippen LogP) is 4.24. The van der Waals surface area contributed by atoms with E-state index in [1.807, 2.05) is 31.2 Å². The van der Waals surface area contributed by atoms with E-state index < -0.39 is 29.6 Å². The van der Waals surface area contributed by atoms with Crippen LogP contribution in [0.4, 0.5) is 4.39 Å². The summed E-state index contributed by atoms with van der Waals surface area (Å²) < 4.78 is 28.1. The number of aliphatic carboxylic acids is 1. The zero-order valence-corrected chi connectivity index (χ0v) is 29.5. The monoisotopic (exact) mass is 723 g/mol. The van der Waals surface area contributed by atoms with E-state index in [1.54, 1.807) is 30.3 Å². The number of carbonyl (C=O) groups excluding carboxylic acids is 2. The van der Waals surface area contributed by atoms with Crippen LogP contribution in [0, 0.1) is 23.1 Å². The van der Waals surface area contributed by atoms with Crippen molar-refractivity contribution in [1.82, 2.24) is 29.7 Å². The number of aromatic nitrogens is 3. The number of pyridine rings is 1. The molecule has 3 atom stereocenters. The zero-order chi connectivity index (χ0) is 37.1. The van der Waals surface area contributed by atoms with E-state index >= 15 is 0 Å². The van der Waals surface area contributed by atoms with Crippen molar-refractivity contribution in [3.63, 3.8) is 0 Å². The highest BCUT2D eigenvalue weighted by molar-refractivity contribution is 5.99. The van der Waals surface area contributed by atoms with E-state index in [0.29, 0.717) is 48.6 Å². The van der Waals surface area contributed by atoms with Gasteiger partial charge in [-0.2, -0.15) is 5.26 Å². The van der Waals surface area contributed by atoms with E-state index in [4.69, 9.17) is 24.7 Å². The summed E-state index contributed by atoms with van der Waals surface area (Å²) in [5.41, 5.74) is 3.49. The number of benzene rings is 2. The fraction of sp³-hybridized carbons (Fsp3) is 0.436. The first-order valence-corrected chi connectivity index (χ1v) is 18.1. The lowest BCUT2D eigenvalue weighted by molar-refractivity contribution is -0.147. The SMILES string of the molecule is C[C@H]1C[C@@H](C(=O)O)N(C(=O)CNC(=O)c2ccc3c(c2)nc(CN2CCC(c4cccc(OCc5ccc(C#N)cc5F)n4)CC2)n3C[C@@H]2CCO2)C1. The summed E-state index contributed by atoms with van der Waals surface area (Å²) in [4.78, 5) is 51.0. The fourth-order valence-electron chi connectivity index (χ4n) is 7.40. The standard InChI is InChI=1S/C39H42FN7O6/c1-24-15-34(39(50)51)47(20-24)37(48)19-42-38(49)27-7-8-33-32(17-27)43-35(46(33)21-29-11-14-52-29)22-45-12-9-26(10-13-45)31-3-2-4-36(44-31)53-23-28-6-5-25(18-41)16-30(28)40/h2-8,16-17,24,26,29,34H,9-15,19-23H2,1H3,(H,42,49)(H,50,51)/t24-,29-,34-/m0/s1. The Labute approximate surface area is 306 Å². The minimum atomic E-state index is -1.03. The van der Waals surface area contributed by atoms with E-state index in [-0.39, 0.29) is 36.7 Å². The number of fused-ring (bicyclic) bond motifs is 1. The first-order chi connectivity index (χ1) is 25.6. The average molecular weight is 724 g/mol. The van der Waals surface area contributed by atoms with E-state index in [1.165, 1.54) is 11.0 Å². The summed E-state index contributed by atoms with van der Waals surface area (Å²) in [6.07, 6.45) is 3.24. The Morgan fingerprint density at radius 1 is 1.09 bits per heavy atom. The van der Waals surface area contributed by atoms with Crippen LogP contribution in [-0.4, -0.2) is 92.2 Å². The number of nitriles is 1. The molecule has 3 aliphatic heterocycles. The van der Waals surface area contributed by atoms with Crippen molar-refractivity contribution in [2.24, 2.45) is 5.92 Å². The molecule has 53 heavy (non-hydrogen) atoms. The van der Waals surface area contributed by atoms with Crippen molar-refractivity contribution >= 4 is 28.8 Å². The molecular weight excluding hydrogens is 681 g/mol. The number of nitrogens with zero attached hydrogens (tertiary/aromatic N) is 6. The maximum absolute atomic E-state index is 14.3. The number of carboxylic acids is 1. The van der Waals surface area contributed by atoms with Gasteiger partial charge in [-0.1, -0.05) is 19.1 Å². The molecule has 0 aliphatic carbocycles. The van der Waals surface area contributed by atoms with Gasteiger partial charge in [-0.05, 0) is 81.1 Å². The average Bonchev–Trinajstić information content (AvgIpc) is 3.71. The second kappa shape index (κ2) is 15.7. The summed E-state index contributed by atoms with van der Waals surface area (Å²) >= 11 is 0. The van der Waals surface area contributed by atoms with Crippen molar-refractivity contribution in [1.29, 1.82) is 5.26 Å². The number of amides is 2. The maximum atomic E-state index is 14.3. The van der Waals surface area contributed by atoms with Crippen molar-refractivity contribution in [2.45, 2.75) is 70.4 Å². The molecule has 7 rings (SSSR count). The van der Waals surface area contributed by atoms with Crippen LogP contribution in [0.3, 0.4) is 0 Å². The normalized spacial score (nSPS) is 20.5. The Kier molecular flexibility index (Phi) is 10.7. The summed E-state index contributed by atoms with van der Waals surface area (Å²) in [5.74, 6) is -0.740. The molecule has 3 fully saturated rings. The fourth-order valence-corrected chi connectivity index (χ4v) is 7.40. The number of halogens is 1. The molecule has 14 heteroatoms. The van der Waals surface area contributed by atoms with Gasteiger partial charge in [0.15, 0.2) is 0 Å². The van der Waals surface area contributed by atoms with Crippen LogP contribution < -0.4 is 10.1 Å². The van der Waals surface area contributed by atoms with E-state index in [2.05, 4.69) is 14.8 Å². The van der Waals surface area contributed by atoms with Crippen LogP contribution in [0.1, 0.15) is 71.5 Å². The molecule has 0 unspecified atom stereocenters. The number of imidazole rings is 1. The number of carboxylic acid groups (broad SMARTS) is 1. The van der Waals surface area contributed by atoms with E-state index in [0.717, 1.165) is 56.0 Å². The Morgan fingerprint density at radius 3 is 2.62 bits per heavy atom. The first-order valence-electron chi connectivity index (χ1n) is 18.1. The number of piperidine rings is 1. The van der Waals surface area contributed by atoms with Gasteiger partial charge in [-0.15, -0.1) is 0 Å². The largest absolute Gasteiger partial charge is 0.480 e. The van der Waals surface area contributed by atoms with Gasteiger partial charge in [0.1, 0.15) is 24.3 Å². The molecule has 2 amide bonds. The van der Waals surface area contributed by atoms with Crippen molar-refractivity contribution in [3.05, 3.63) is 88.6 Å². The summed E-state index contributed by atoms with van der Waals surface area (Å²) in [5, 5.41) is 21.2. The second-order valence-corrected chi connectivity index (χ2v) is 14.2. The molecule has 0 saturated carbocycles. The number of carbonyl (C=O) groups is 3. The van der Waals surface area contributed by atoms with E-state index in [9.17, 15) is 23.9 Å². The molecule has 3 saturated heterocycles. The van der Waals surface area contributed by atoms with Gasteiger partial charge in [-0.3, -0.25) is 14.5 Å². The van der Waals surface area contributed by atoms with Gasteiger partial charge < -0.3 is 29.4 Å². The Morgan fingerprint density at radius 2 is 1.91 bits per heavy atom. The maximum Gasteiger partial charge on any atom is 0.326 e. The van der Waals surface area contributed by atoms with Gasteiger partial charge in [-0.25, -0.2) is 19.2 Å². The van der Waals surface area contributed by atoms with Crippen LogP contribution in [0.25, 0.3) is 11.0 Å². The third kappa shape index (κ3) is 8.16. The molecule has 2 aromatic heterocycles. The number of hydrogen-bond donors (Lipinski definition) is 2. The van der Waals surface area contributed by atoms with Crippen LogP contribution >= 0.6 is 0 Å². The number of hydrogen-bond acceptors (Lipinski definition) is 9. The molecule has 0 radical (unpaired) electrons. The zero-order valence-electron chi connectivity index (χ0n) is 29.5. The van der Waals surface area contributed by atoms with Crippen LogP contribution in [0.5, 0.6) is 5.88 Å². The smallest absolute Gasteiger partial charge is 0.326 e. The predicted molar refractivity (Wildman–Crippen MR) is 190 cm³/mol. The number of nitrogens with one attached hydrogen (secondary N) is 1. The molecule has 3 aliphatic rings. The van der Waals surface area contributed by atoms with Crippen molar-refractivity contribution < 1.29 is 33.4 Å². The summed E-state index contributed by atoms with van der Waals surface area (Å²) in [6.45, 7) is 5.66. The Hall–Kier alpha value is -5.39. The molecule has 13 nitrogen and oxygen atoms in total. The minimum absolute atomic E-state index is 0.0122. The molecule has 0 spiro atoms. The van der Waals surface area contributed by atoms with Gasteiger partial charge in [0.25, 0.3) is 5.91 Å². The lowest BCUT2D eigenvalue weighted by atomic mass is 9.93. The van der Waals surface area contributed by atoms with Crippen molar-refractivity contribution in [2.75, 3.05) is 32.8 Å². The highest BCUT2D eigenvalue weighted by Gasteiger charge is 2.37. The van der Waals surface area contributed by atoms with Crippen LogP contribution in [0.15, 0.2) is 54.6 Å². The Balaban J connectivity index is 0.979. The quantitative estimate of drug-likeness (QED) is 0.216. The highest BCUT2D eigenvalue weighted by Crippen LogP contribution is 2.30. The topological polar surface area (TPSA) is 163 Å². The van der Waals surface area contributed by atoms with Gasteiger partial charge in [0, 0.05) is 42.0 Å². The highest BCUT2D eigenvalue weighted by atomic mass is 19.1. The number of likely N-dealkylation sites (tertiary alicyclic amines) is 2. The van der Waals surface area contributed by atoms with Gasteiger partial charge in [0.05, 0.1) is 48.4 Å². The third-order valence-electron chi connectivity index (χ3n) is 10.5. The van der Waals surface area contributed by atoms with Gasteiger partial charge >= 0.3 is 5.97 Å². The molecule has 5 heterocycles. The van der Waals surface area contributed by atoms with Crippen LogP contribution in [0.2, 0.25) is 0 Å². The number of ether oxygens (including phenoxy) is 2. The third-order valence-corrected chi connectivity index (χ3v) is 10.5. The minimum Gasteiger partial charge on any atom is -0.480 e.